The fourth-order valence-corrected chi connectivity index (χ4v) is 5.17. The van der Waals surface area contributed by atoms with E-state index in [0.717, 1.165) is 18.6 Å². The fraction of sp³-hybridized carbons (Fsp3) is 0.381. The highest BCUT2D eigenvalue weighted by Gasteiger charge is 2.37. The number of rotatable bonds is 7. The maximum Gasteiger partial charge on any atom is 0.243 e. The number of nitrogens with one attached hydrogen (secondary N) is 1. The van der Waals surface area contributed by atoms with E-state index < -0.39 is 21.9 Å². The molecule has 0 aliphatic carbocycles. The van der Waals surface area contributed by atoms with Gasteiger partial charge in [-0.3, -0.25) is 4.79 Å². The zero-order valence-electron chi connectivity index (χ0n) is 16.9. The van der Waals surface area contributed by atoms with Crippen molar-refractivity contribution in [2.45, 2.75) is 36.7 Å². The van der Waals surface area contributed by atoms with Gasteiger partial charge in [-0.1, -0.05) is 6.42 Å². The Balaban J connectivity index is 1.78. The number of benzene rings is 2. The molecule has 1 N–H and O–H groups in total. The lowest BCUT2D eigenvalue weighted by Crippen LogP contribution is -2.51. The Kier molecular flexibility index (Phi) is 6.94. The molecule has 0 aromatic heterocycles. The number of carbonyl (C=O) groups is 1. The number of carbonyl (C=O) groups excluding carboxylic acids is 1. The van der Waals surface area contributed by atoms with E-state index in [4.69, 9.17) is 9.47 Å². The lowest BCUT2D eigenvalue weighted by atomic mass is 10.0. The number of hydrogen-bond donors (Lipinski definition) is 1. The second-order valence-corrected chi connectivity index (χ2v) is 8.87. The molecule has 0 radical (unpaired) electrons. The summed E-state index contributed by atoms with van der Waals surface area (Å²) < 4.78 is 51.1. The predicted molar refractivity (Wildman–Crippen MR) is 109 cm³/mol. The minimum atomic E-state index is -3.92. The molecule has 1 aliphatic rings. The van der Waals surface area contributed by atoms with Crippen molar-refractivity contribution in [1.82, 2.24) is 9.62 Å². The van der Waals surface area contributed by atoms with Gasteiger partial charge in [-0.2, -0.15) is 4.31 Å². The maximum absolute atomic E-state index is 13.2. The Morgan fingerprint density at radius 1 is 1.13 bits per heavy atom. The van der Waals surface area contributed by atoms with Crippen LogP contribution in [-0.4, -0.2) is 45.4 Å². The van der Waals surface area contributed by atoms with Crippen molar-refractivity contribution in [3.63, 3.8) is 0 Å². The summed E-state index contributed by atoms with van der Waals surface area (Å²) >= 11 is 0. The Labute approximate surface area is 175 Å². The van der Waals surface area contributed by atoms with Crippen LogP contribution in [-0.2, 0) is 21.4 Å². The van der Waals surface area contributed by atoms with Crippen LogP contribution >= 0.6 is 0 Å². The third-order valence-corrected chi connectivity index (χ3v) is 7.04. The van der Waals surface area contributed by atoms with Crippen molar-refractivity contribution < 1.29 is 27.1 Å². The van der Waals surface area contributed by atoms with E-state index in [-0.39, 0.29) is 23.9 Å². The number of sulfonamides is 1. The smallest absolute Gasteiger partial charge is 0.243 e. The molecule has 1 fully saturated rings. The van der Waals surface area contributed by atoms with E-state index >= 15 is 0 Å². The highest BCUT2D eigenvalue weighted by atomic mass is 32.2. The Morgan fingerprint density at radius 2 is 1.87 bits per heavy atom. The average molecular weight is 437 g/mol. The van der Waals surface area contributed by atoms with Gasteiger partial charge in [0.2, 0.25) is 15.9 Å². The van der Waals surface area contributed by atoms with Crippen LogP contribution in [0.3, 0.4) is 0 Å². The first-order valence-corrected chi connectivity index (χ1v) is 11.1. The normalized spacial score (nSPS) is 17.4. The van der Waals surface area contributed by atoms with Gasteiger partial charge < -0.3 is 14.8 Å². The van der Waals surface area contributed by atoms with Crippen LogP contribution in [0.5, 0.6) is 11.5 Å². The Hall–Kier alpha value is -2.65. The van der Waals surface area contributed by atoms with Crippen LogP contribution in [0.25, 0.3) is 0 Å². The number of nitrogens with zero attached hydrogens (tertiary/aromatic N) is 1. The molecule has 162 valence electrons. The van der Waals surface area contributed by atoms with Gasteiger partial charge in [0.15, 0.2) is 0 Å². The second kappa shape index (κ2) is 9.44. The van der Waals surface area contributed by atoms with Gasteiger partial charge in [-0.15, -0.1) is 0 Å². The fourth-order valence-electron chi connectivity index (χ4n) is 3.52. The van der Waals surface area contributed by atoms with Crippen molar-refractivity contribution in [2.24, 2.45) is 0 Å². The molecule has 1 atom stereocenters. The number of hydrogen-bond acceptors (Lipinski definition) is 5. The summed E-state index contributed by atoms with van der Waals surface area (Å²) in [6, 6.07) is 9.05. The highest BCUT2D eigenvalue weighted by molar-refractivity contribution is 7.89. The molecule has 30 heavy (non-hydrogen) atoms. The number of ether oxygens (including phenoxy) is 2. The minimum Gasteiger partial charge on any atom is -0.497 e. The van der Waals surface area contributed by atoms with E-state index in [1.165, 1.54) is 23.5 Å². The molecule has 1 heterocycles. The molecular weight excluding hydrogens is 411 g/mol. The average Bonchev–Trinajstić information content (AvgIpc) is 2.77. The first kappa shape index (κ1) is 22.0. The van der Waals surface area contributed by atoms with Crippen LogP contribution in [0.1, 0.15) is 24.8 Å². The minimum absolute atomic E-state index is 0.0296. The van der Waals surface area contributed by atoms with Crippen molar-refractivity contribution in [1.29, 1.82) is 0 Å². The van der Waals surface area contributed by atoms with Crippen LogP contribution in [0, 0.1) is 5.82 Å². The summed E-state index contributed by atoms with van der Waals surface area (Å²) in [4.78, 5) is 12.9. The standard InChI is InChI=1S/C21H25FN2O5S/c1-28-17-8-11-20(29-2)15(13-17)14-23-21(25)19-5-3-4-12-24(19)30(26,27)18-9-6-16(22)7-10-18/h6-11,13,19H,3-5,12,14H2,1-2H3,(H,23,25)/t19-/m1/s1. The van der Waals surface area contributed by atoms with Gasteiger partial charge in [-0.05, 0) is 55.3 Å². The van der Waals surface area contributed by atoms with Crippen LogP contribution in [0.4, 0.5) is 4.39 Å². The topological polar surface area (TPSA) is 84.9 Å². The Morgan fingerprint density at radius 3 is 2.53 bits per heavy atom. The van der Waals surface area contributed by atoms with E-state index in [1.807, 2.05) is 0 Å². The molecule has 0 unspecified atom stereocenters. The molecule has 2 aromatic carbocycles. The zero-order valence-corrected chi connectivity index (χ0v) is 17.7. The van der Waals surface area contributed by atoms with E-state index in [2.05, 4.69) is 5.32 Å². The van der Waals surface area contributed by atoms with Gasteiger partial charge in [0.05, 0.1) is 19.1 Å². The molecule has 0 spiro atoms. The summed E-state index contributed by atoms with van der Waals surface area (Å²) in [7, 11) is -0.839. The number of amides is 1. The zero-order chi connectivity index (χ0) is 21.7. The SMILES string of the molecule is COc1ccc(OC)c(CNC(=O)[C@H]2CCCCN2S(=O)(=O)c2ccc(F)cc2)c1. The molecule has 1 aliphatic heterocycles. The molecule has 0 saturated carbocycles. The van der Waals surface area contributed by atoms with Crippen molar-refractivity contribution in [3.05, 3.63) is 53.8 Å². The van der Waals surface area contributed by atoms with Crippen molar-refractivity contribution in [2.75, 3.05) is 20.8 Å². The van der Waals surface area contributed by atoms with Gasteiger partial charge in [0.1, 0.15) is 23.4 Å². The summed E-state index contributed by atoms with van der Waals surface area (Å²) in [6.07, 6.45) is 1.82. The first-order valence-electron chi connectivity index (χ1n) is 9.63. The third kappa shape index (κ3) is 4.73. The maximum atomic E-state index is 13.2. The van der Waals surface area contributed by atoms with E-state index in [9.17, 15) is 17.6 Å². The summed E-state index contributed by atoms with van der Waals surface area (Å²) in [5.41, 5.74) is 0.717. The molecule has 3 rings (SSSR count). The van der Waals surface area contributed by atoms with Gasteiger partial charge in [-0.25, -0.2) is 12.8 Å². The molecule has 9 heteroatoms. The molecular formula is C21H25FN2O5S. The lowest BCUT2D eigenvalue weighted by molar-refractivity contribution is -0.125. The van der Waals surface area contributed by atoms with Gasteiger partial charge in [0.25, 0.3) is 0 Å². The lowest BCUT2D eigenvalue weighted by Gasteiger charge is -2.33. The van der Waals surface area contributed by atoms with Crippen LogP contribution in [0.2, 0.25) is 0 Å². The predicted octanol–water partition coefficient (Wildman–Crippen LogP) is 2.70. The first-order chi connectivity index (χ1) is 14.4. The van der Waals surface area contributed by atoms with E-state index in [0.29, 0.717) is 29.9 Å². The Bertz CT molecular complexity index is 995. The molecule has 1 saturated heterocycles. The highest BCUT2D eigenvalue weighted by Crippen LogP contribution is 2.27. The largest absolute Gasteiger partial charge is 0.497 e. The summed E-state index contributed by atoms with van der Waals surface area (Å²) in [6.45, 7) is 0.403. The number of halogens is 1. The third-order valence-electron chi connectivity index (χ3n) is 5.12. The number of methoxy groups -OCH3 is 2. The molecule has 7 nitrogen and oxygen atoms in total. The van der Waals surface area contributed by atoms with Crippen LogP contribution < -0.4 is 14.8 Å². The second-order valence-electron chi connectivity index (χ2n) is 6.98. The molecule has 0 bridgehead atoms. The monoisotopic (exact) mass is 436 g/mol. The quantitative estimate of drug-likeness (QED) is 0.721. The van der Waals surface area contributed by atoms with E-state index in [1.54, 1.807) is 25.3 Å². The summed E-state index contributed by atoms with van der Waals surface area (Å²) in [5.74, 6) is 0.313. The van der Waals surface area contributed by atoms with Crippen molar-refractivity contribution in [3.8, 4) is 11.5 Å². The molecule has 1 amide bonds. The van der Waals surface area contributed by atoms with Crippen molar-refractivity contribution >= 4 is 15.9 Å². The van der Waals surface area contributed by atoms with Crippen LogP contribution in [0.15, 0.2) is 47.4 Å². The van der Waals surface area contributed by atoms with Gasteiger partial charge in [0, 0.05) is 18.7 Å². The van der Waals surface area contributed by atoms with Gasteiger partial charge >= 0.3 is 0 Å². The summed E-state index contributed by atoms with van der Waals surface area (Å²) in [5, 5.41) is 2.82. The number of piperidine rings is 1. The molecule has 2 aromatic rings.